The zero-order chi connectivity index (χ0) is 13.7. The van der Waals surface area contributed by atoms with E-state index >= 15 is 0 Å². The first kappa shape index (κ1) is 13.7. The Balaban J connectivity index is 2.04. The number of hydrogen-bond acceptors (Lipinski definition) is 3. The fourth-order valence-electron chi connectivity index (χ4n) is 2.30. The van der Waals surface area contributed by atoms with Crippen LogP contribution in [-0.2, 0) is 14.3 Å². The van der Waals surface area contributed by atoms with Crippen molar-refractivity contribution in [3.8, 4) is 0 Å². The number of rotatable bonds is 4. The number of morpholine rings is 1. The second kappa shape index (κ2) is 6.48. The molecule has 4 heteroatoms. The second-order valence-electron chi connectivity index (χ2n) is 4.77. The molecule has 0 N–H and O–H groups in total. The van der Waals surface area contributed by atoms with Crippen molar-refractivity contribution in [2.45, 2.75) is 19.3 Å². The van der Waals surface area contributed by atoms with E-state index in [1.807, 2.05) is 30.3 Å². The number of nitrogens with zero attached hydrogens (tertiary/aromatic N) is 1. The first-order valence-corrected chi connectivity index (χ1v) is 6.59. The van der Waals surface area contributed by atoms with E-state index in [0.29, 0.717) is 26.3 Å². The lowest BCUT2D eigenvalue weighted by Crippen LogP contribution is -2.41. The molecule has 1 aliphatic rings. The van der Waals surface area contributed by atoms with Gasteiger partial charge in [-0.05, 0) is 12.5 Å². The van der Waals surface area contributed by atoms with Crippen molar-refractivity contribution in [3.05, 3.63) is 35.9 Å². The van der Waals surface area contributed by atoms with E-state index in [4.69, 9.17) is 4.74 Å². The largest absolute Gasteiger partial charge is 0.378 e. The number of ketones is 1. The summed E-state index contributed by atoms with van der Waals surface area (Å²) in [5.41, 5.74) is 0.914. The van der Waals surface area contributed by atoms with Gasteiger partial charge in [-0.25, -0.2) is 0 Å². The quantitative estimate of drug-likeness (QED) is 0.827. The first-order chi connectivity index (χ1) is 9.18. The molecule has 1 heterocycles. The summed E-state index contributed by atoms with van der Waals surface area (Å²) in [7, 11) is 0. The van der Waals surface area contributed by atoms with E-state index in [9.17, 15) is 9.59 Å². The highest BCUT2D eigenvalue weighted by Crippen LogP contribution is 2.21. The molecule has 2 rings (SSSR count). The highest BCUT2D eigenvalue weighted by Gasteiger charge is 2.24. The van der Waals surface area contributed by atoms with Gasteiger partial charge in [0.05, 0.1) is 19.1 Å². The summed E-state index contributed by atoms with van der Waals surface area (Å²) in [6.45, 7) is 3.96. The number of carbonyl (C=O) groups is 2. The Kier molecular flexibility index (Phi) is 4.68. The number of carbonyl (C=O) groups excluding carboxylic acids is 2. The van der Waals surface area contributed by atoms with Gasteiger partial charge in [-0.3, -0.25) is 9.59 Å². The van der Waals surface area contributed by atoms with E-state index in [-0.39, 0.29) is 24.0 Å². The van der Waals surface area contributed by atoms with Gasteiger partial charge in [-0.15, -0.1) is 0 Å². The number of ether oxygens (including phenoxy) is 1. The maximum absolute atomic E-state index is 12.2. The zero-order valence-corrected chi connectivity index (χ0v) is 11.2. The molecule has 0 bridgehead atoms. The highest BCUT2D eigenvalue weighted by molar-refractivity contribution is 5.89. The van der Waals surface area contributed by atoms with Crippen LogP contribution in [0.3, 0.4) is 0 Å². The summed E-state index contributed by atoms with van der Waals surface area (Å²) in [5, 5.41) is 0. The average molecular weight is 261 g/mol. The Morgan fingerprint density at radius 3 is 2.42 bits per heavy atom. The molecule has 1 aliphatic heterocycles. The smallest absolute Gasteiger partial charge is 0.223 e. The third kappa shape index (κ3) is 3.64. The summed E-state index contributed by atoms with van der Waals surface area (Å²) >= 11 is 0. The Morgan fingerprint density at radius 2 is 1.84 bits per heavy atom. The Hall–Kier alpha value is -1.68. The minimum Gasteiger partial charge on any atom is -0.378 e. The van der Waals surface area contributed by atoms with Crippen LogP contribution >= 0.6 is 0 Å². The third-order valence-electron chi connectivity index (χ3n) is 3.44. The summed E-state index contributed by atoms with van der Waals surface area (Å²) in [5.74, 6) is -0.267. The van der Waals surface area contributed by atoms with Crippen LogP contribution < -0.4 is 0 Å². The molecule has 1 aromatic carbocycles. The summed E-state index contributed by atoms with van der Waals surface area (Å²) in [6, 6.07) is 9.50. The van der Waals surface area contributed by atoms with E-state index in [1.54, 1.807) is 11.8 Å². The van der Waals surface area contributed by atoms with Crippen molar-refractivity contribution in [2.75, 3.05) is 26.3 Å². The molecule has 0 radical (unpaired) electrons. The molecule has 0 aliphatic carbocycles. The monoisotopic (exact) mass is 261 g/mol. The molecule has 1 aromatic rings. The fourth-order valence-corrected chi connectivity index (χ4v) is 2.30. The molecular weight excluding hydrogens is 242 g/mol. The molecule has 4 nitrogen and oxygen atoms in total. The molecule has 1 saturated heterocycles. The molecule has 0 spiro atoms. The topological polar surface area (TPSA) is 46.6 Å². The number of amides is 1. The molecule has 1 fully saturated rings. The van der Waals surface area contributed by atoms with Crippen LogP contribution in [0.1, 0.15) is 24.8 Å². The lowest BCUT2D eigenvalue weighted by molar-refractivity contribution is -0.137. The Morgan fingerprint density at radius 1 is 1.21 bits per heavy atom. The summed E-state index contributed by atoms with van der Waals surface area (Å²) in [4.78, 5) is 25.8. The molecule has 19 heavy (non-hydrogen) atoms. The second-order valence-corrected chi connectivity index (χ2v) is 4.77. The molecule has 1 atom stereocenters. The van der Waals surface area contributed by atoms with Gasteiger partial charge >= 0.3 is 0 Å². The van der Waals surface area contributed by atoms with Gasteiger partial charge in [-0.1, -0.05) is 30.3 Å². The minimum atomic E-state index is -0.337. The maximum Gasteiger partial charge on any atom is 0.223 e. The van der Waals surface area contributed by atoms with Crippen LogP contribution in [0.25, 0.3) is 0 Å². The van der Waals surface area contributed by atoms with E-state index in [2.05, 4.69) is 0 Å². The summed E-state index contributed by atoms with van der Waals surface area (Å²) in [6.07, 6.45) is 0.249. The normalized spacial score (nSPS) is 17.0. The minimum absolute atomic E-state index is 0.0346. The van der Waals surface area contributed by atoms with Crippen molar-refractivity contribution < 1.29 is 14.3 Å². The van der Waals surface area contributed by atoms with E-state index in [0.717, 1.165) is 5.56 Å². The first-order valence-electron chi connectivity index (χ1n) is 6.59. The maximum atomic E-state index is 12.2. The number of hydrogen-bond donors (Lipinski definition) is 0. The highest BCUT2D eigenvalue weighted by atomic mass is 16.5. The molecule has 1 amide bonds. The molecular formula is C15H19NO3. The molecule has 0 aromatic heterocycles. The van der Waals surface area contributed by atoms with Crippen LogP contribution in [0, 0.1) is 0 Å². The van der Waals surface area contributed by atoms with Crippen LogP contribution in [0.2, 0.25) is 0 Å². The average Bonchev–Trinajstić information content (AvgIpc) is 2.46. The SMILES string of the molecule is CC(=O)C(CC(=O)N1CCOCC1)c1ccccc1. The molecule has 0 saturated carbocycles. The summed E-state index contributed by atoms with van der Waals surface area (Å²) < 4.78 is 5.23. The van der Waals surface area contributed by atoms with Crippen molar-refractivity contribution in [1.82, 2.24) is 4.90 Å². The Labute approximate surface area is 113 Å². The third-order valence-corrected chi connectivity index (χ3v) is 3.44. The standard InChI is InChI=1S/C15H19NO3/c1-12(17)14(13-5-3-2-4-6-13)11-15(18)16-7-9-19-10-8-16/h2-6,14H,7-11H2,1H3. The fraction of sp³-hybridized carbons (Fsp3) is 0.467. The number of Topliss-reactive ketones (excluding diaryl/α,β-unsaturated/α-hetero) is 1. The van der Waals surface area contributed by atoms with Gasteiger partial charge in [0.1, 0.15) is 5.78 Å². The van der Waals surface area contributed by atoms with Gasteiger partial charge in [0.2, 0.25) is 5.91 Å². The van der Waals surface area contributed by atoms with E-state index < -0.39 is 0 Å². The van der Waals surface area contributed by atoms with Gasteiger partial charge < -0.3 is 9.64 Å². The lowest BCUT2D eigenvalue weighted by atomic mass is 9.91. The van der Waals surface area contributed by atoms with E-state index in [1.165, 1.54) is 0 Å². The van der Waals surface area contributed by atoms with Gasteiger partial charge in [0, 0.05) is 19.5 Å². The zero-order valence-electron chi connectivity index (χ0n) is 11.2. The van der Waals surface area contributed by atoms with Crippen LogP contribution in [-0.4, -0.2) is 42.9 Å². The van der Waals surface area contributed by atoms with Crippen molar-refractivity contribution >= 4 is 11.7 Å². The predicted molar refractivity (Wildman–Crippen MR) is 71.9 cm³/mol. The number of benzene rings is 1. The van der Waals surface area contributed by atoms with Gasteiger partial charge in [0.25, 0.3) is 0 Å². The Bertz CT molecular complexity index is 438. The van der Waals surface area contributed by atoms with Crippen molar-refractivity contribution in [3.63, 3.8) is 0 Å². The lowest BCUT2D eigenvalue weighted by Gasteiger charge is -2.28. The molecule has 102 valence electrons. The van der Waals surface area contributed by atoms with Gasteiger partial charge in [-0.2, -0.15) is 0 Å². The van der Waals surface area contributed by atoms with Crippen molar-refractivity contribution in [2.24, 2.45) is 0 Å². The van der Waals surface area contributed by atoms with Gasteiger partial charge in [0.15, 0.2) is 0 Å². The van der Waals surface area contributed by atoms with Crippen LogP contribution in [0.15, 0.2) is 30.3 Å². The molecule has 1 unspecified atom stereocenters. The predicted octanol–water partition coefficient (Wildman–Crippen LogP) is 1.61. The van der Waals surface area contributed by atoms with Crippen molar-refractivity contribution in [1.29, 1.82) is 0 Å². The van der Waals surface area contributed by atoms with Crippen LogP contribution in [0.5, 0.6) is 0 Å². The van der Waals surface area contributed by atoms with Crippen LogP contribution in [0.4, 0.5) is 0 Å².